The van der Waals surface area contributed by atoms with Crippen LogP contribution in [-0.2, 0) is 19.6 Å². The first-order chi connectivity index (χ1) is 19.1. The summed E-state index contributed by atoms with van der Waals surface area (Å²) in [5.41, 5.74) is 0.630. The number of anilines is 3. The Morgan fingerprint density at radius 3 is 2.38 bits per heavy atom. The van der Waals surface area contributed by atoms with Crippen LogP contribution in [0.15, 0.2) is 41.6 Å². The van der Waals surface area contributed by atoms with Crippen molar-refractivity contribution in [2.24, 2.45) is 0 Å². The van der Waals surface area contributed by atoms with Crippen molar-refractivity contribution in [3.05, 3.63) is 76.6 Å². The van der Waals surface area contributed by atoms with Crippen LogP contribution in [0.3, 0.4) is 0 Å². The van der Waals surface area contributed by atoms with Crippen molar-refractivity contribution in [3.63, 3.8) is 0 Å². The van der Waals surface area contributed by atoms with Crippen LogP contribution in [0, 0.1) is 34.9 Å². The Bertz CT molecular complexity index is 1690. The van der Waals surface area contributed by atoms with Crippen LogP contribution in [0.25, 0.3) is 10.9 Å². The molecule has 1 saturated heterocycles. The third-order valence-electron chi connectivity index (χ3n) is 6.01. The van der Waals surface area contributed by atoms with Crippen molar-refractivity contribution in [3.8, 4) is 5.75 Å². The first-order valence-electron chi connectivity index (χ1n) is 11.5. The van der Waals surface area contributed by atoms with Gasteiger partial charge in [0.05, 0.1) is 0 Å². The molecule has 210 valence electrons. The number of aromatic nitrogens is 2. The van der Waals surface area contributed by atoms with Gasteiger partial charge < -0.3 is 0 Å². The summed E-state index contributed by atoms with van der Waals surface area (Å²) < 4.78 is 109. The minimum atomic E-state index is -2.93. The van der Waals surface area contributed by atoms with Gasteiger partial charge in [-0.25, -0.2) is 0 Å². The molecule has 0 unspecified atom stereocenters. The molecule has 0 amide bonds. The first kappa shape index (κ1) is 28.1. The van der Waals surface area contributed by atoms with E-state index in [-0.39, 0.29) is 34.3 Å². The molecule has 3 aromatic carbocycles. The molecule has 1 aromatic heterocycles. The topological polar surface area (TPSA) is 79.4 Å². The SMILES string of the molecule is CN(c1cc2c(Nc3ccc(F)c(Cl)c3)ncnc2cc1O[C@H]1CCOC1)[S-](#[O+])c1c(F)c(F)c(F)c(F)c1F. The van der Waals surface area contributed by atoms with Gasteiger partial charge in [-0.15, -0.1) is 0 Å². The molecule has 2 heterocycles. The monoisotopic (exact) mass is 602 g/mol. The van der Waals surface area contributed by atoms with E-state index >= 15 is 0 Å². The van der Waals surface area contributed by atoms with E-state index in [1.807, 2.05) is 0 Å². The number of rotatable bonds is 5. The third-order valence-corrected chi connectivity index (χ3v) is 7.70. The Morgan fingerprint density at radius 2 is 1.73 bits per heavy atom. The van der Waals surface area contributed by atoms with E-state index in [1.54, 1.807) is 0 Å². The minimum absolute atomic E-state index is 0.0448. The Kier molecular flexibility index (Phi) is 7.86. The molecule has 1 N–H and O–H groups in total. The standard InChI is InChI=1S/C25H17ClF6N4O3S/c1-36(40(37)24-22(31)20(29)19(28)21(30)23(24)32)17-7-13-16(8-18(17)39-12-4-5-38-9-12)33-10-34-25(13)35-11-2-3-15(27)14(26)6-11/h2-3,6-8,10,12H,4-5,9H2,1H3,(H,33,34,35)/t12-/m0/s1. The van der Waals surface area contributed by atoms with Crippen molar-refractivity contribution in [2.45, 2.75) is 17.4 Å². The molecule has 7 nitrogen and oxygen atoms in total. The molecular formula is C25H17ClF6N4O3S. The zero-order valence-corrected chi connectivity index (χ0v) is 21.9. The zero-order chi connectivity index (χ0) is 28.7. The molecule has 0 spiro atoms. The van der Waals surface area contributed by atoms with Crippen LogP contribution in [0.2, 0.25) is 5.02 Å². The van der Waals surface area contributed by atoms with Crippen molar-refractivity contribution in [1.82, 2.24) is 9.97 Å². The number of nitrogens with one attached hydrogen (secondary N) is 1. The average molecular weight is 603 g/mol. The van der Waals surface area contributed by atoms with E-state index in [1.165, 1.54) is 30.6 Å². The number of benzene rings is 3. The van der Waals surface area contributed by atoms with Gasteiger partial charge >= 0.3 is 230 Å². The molecule has 4 aromatic rings. The van der Waals surface area contributed by atoms with Gasteiger partial charge in [0.15, 0.2) is 0 Å². The number of ether oxygens (including phenoxy) is 2. The van der Waals surface area contributed by atoms with Gasteiger partial charge in [0.25, 0.3) is 0 Å². The second kappa shape index (κ2) is 11.2. The molecule has 15 heteroatoms. The quantitative estimate of drug-likeness (QED) is 0.0936. The summed E-state index contributed by atoms with van der Waals surface area (Å²) >= 11 is 5.86. The molecule has 1 atom stereocenters. The van der Waals surface area contributed by atoms with Crippen molar-refractivity contribution < 1.29 is 39.9 Å². The van der Waals surface area contributed by atoms with Crippen molar-refractivity contribution in [1.29, 1.82) is 0 Å². The Balaban J connectivity index is 1.63. The third kappa shape index (κ3) is 5.19. The van der Waals surface area contributed by atoms with Gasteiger partial charge in [0.1, 0.15) is 0 Å². The van der Waals surface area contributed by atoms with E-state index in [2.05, 4.69) is 15.3 Å². The Morgan fingerprint density at radius 1 is 1.02 bits per heavy atom. The van der Waals surface area contributed by atoms with E-state index in [9.17, 15) is 30.4 Å². The van der Waals surface area contributed by atoms with Crippen LogP contribution in [0.4, 0.5) is 43.5 Å². The molecule has 1 aliphatic heterocycles. The Labute approximate surface area is 230 Å². The van der Waals surface area contributed by atoms with E-state index in [4.69, 9.17) is 21.1 Å². The van der Waals surface area contributed by atoms with Crippen LogP contribution < -0.4 is 14.4 Å². The van der Waals surface area contributed by atoms with Crippen LogP contribution >= 0.6 is 11.6 Å². The molecule has 40 heavy (non-hydrogen) atoms. The average Bonchev–Trinajstić information content (AvgIpc) is 3.45. The van der Waals surface area contributed by atoms with Gasteiger partial charge in [-0.3, -0.25) is 0 Å². The summed E-state index contributed by atoms with van der Waals surface area (Å²) in [6, 6.07) is 6.67. The van der Waals surface area contributed by atoms with Gasteiger partial charge in [-0.1, -0.05) is 0 Å². The molecule has 0 bridgehead atoms. The molecule has 0 saturated carbocycles. The normalized spacial score (nSPS) is 15.2. The number of hydrogen-bond donors (Lipinski definition) is 1. The van der Waals surface area contributed by atoms with E-state index in [0.717, 1.165) is 17.4 Å². The summed E-state index contributed by atoms with van der Waals surface area (Å²) in [4.78, 5) is 6.86. The number of fused-ring (bicyclic) bond motifs is 1. The van der Waals surface area contributed by atoms with Crippen LogP contribution in [0.5, 0.6) is 5.75 Å². The zero-order valence-electron chi connectivity index (χ0n) is 20.3. The van der Waals surface area contributed by atoms with E-state index in [0.29, 0.717) is 24.2 Å². The molecule has 0 aliphatic carbocycles. The predicted octanol–water partition coefficient (Wildman–Crippen LogP) is 6.40. The fourth-order valence-corrected chi connectivity index (χ4v) is 5.23. The Hall–Kier alpha value is -3.46. The fourth-order valence-electron chi connectivity index (χ4n) is 3.97. The molecular weight excluding hydrogens is 586 g/mol. The van der Waals surface area contributed by atoms with Gasteiger partial charge in [-0.2, -0.15) is 0 Å². The van der Waals surface area contributed by atoms with Gasteiger partial charge in [0, 0.05) is 0 Å². The van der Waals surface area contributed by atoms with Gasteiger partial charge in [-0.05, 0) is 0 Å². The number of hydrogen-bond acceptors (Lipinski definition) is 7. The van der Waals surface area contributed by atoms with E-state index < -0.39 is 56.7 Å². The second-order valence-corrected chi connectivity index (χ2v) is 10.4. The maximum absolute atomic E-state index is 14.5. The van der Waals surface area contributed by atoms with Gasteiger partial charge in [0.2, 0.25) is 0 Å². The van der Waals surface area contributed by atoms with Crippen molar-refractivity contribution in [2.75, 3.05) is 29.9 Å². The van der Waals surface area contributed by atoms with Crippen molar-refractivity contribution >= 4 is 50.5 Å². The predicted molar refractivity (Wildman–Crippen MR) is 135 cm³/mol. The summed E-state index contributed by atoms with van der Waals surface area (Å²) in [6.45, 7) is 0.639. The first-order valence-corrected chi connectivity index (χ1v) is 13.0. The molecule has 1 fully saturated rings. The number of nitrogens with zero attached hydrogens (tertiary/aromatic N) is 3. The summed E-state index contributed by atoms with van der Waals surface area (Å²) in [5.74, 6) is -11.7. The molecule has 0 radical (unpaired) electrons. The number of halogens is 7. The molecule has 5 rings (SSSR count). The summed E-state index contributed by atoms with van der Waals surface area (Å²) in [7, 11) is -1.80. The van der Waals surface area contributed by atoms with Crippen LogP contribution in [-0.4, -0.2) is 36.3 Å². The maximum atomic E-state index is 14.5. The second-order valence-electron chi connectivity index (χ2n) is 8.56. The fraction of sp³-hybridized carbons (Fsp3) is 0.200. The summed E-state index contributed by atoms with van der Waals surface area (Å²) in [6.07, 6.45) is 1.30. The molecule has 1 aliphatic rings. The van der Waals surface area contributed by atoms with Crippen LogP contribution in [0.1, 0.15) is 6.42 Å². The summed E-state index contributed by atoms with van der Waals surface area (Å²) in [5, 5.41) is 3.09.